The van der Waals surface area contributed by atoms with Gasteiger partial charge in [-0.25, -0.2) is 0 Å². The Morgan fingerprint density at radius 3 is 2.60 bits per heavy atom. The lowest BCUT2D eigenvalue weighted by molar-refractivity contribution is 0.565. The highest BCUT2D eigenvalue weighted by molar-refractivity contribution is 7.80. The molecule has 2 heteroatoms. The molecular formula is C40H33OP. The van der Waals surface area contributed by atoms with Crippen molar-refractivity contribution in [3.63, 3.8) is 0 Å². The number of benzene rings is 2. The molecule has 0 aliphatic heterocycles. The molecule has 0 N–H and O–H groups in total. The minimum Gasteiger partial charge on any atom is -0.312 e. The highest BCUT2D eigenvalue weighted by Crippen LogP contribution is 2.64. The molecule has 3 atom stereocenters. The van der Waals surface area contributed by atoms with E-state index in [2.05, 4.69) is 98.7 Å². The van der Waals surface area contributed by atoms with Gasteiger partial charge in [0.1, 0.15) is 0 Å². The fourth-order valence-corrected chi connectivity index (χ4v) is 10.9. The van der Waals surface area contributed by atoms with Crippen LogP contribution in [-0.2, 0) is 9.98 Å². The summed E-state index contributed by atoms with van der Waals surface area (Å²) in [7, 11) is -3.23. The van der Waals surface area contributed by atoms with Gasteiger partial charge in [0.25, 0.3) is 0 Å². The predicted molar refractivity (Wildman–Crippen MR) is 176 cm³/mol. The number of hydrogen-bond donors (Lipinski definition) is 0. The third kappa shape index (κ3) is 3.45. The largest absolute Gasteiger partial charge is 0.312 e. The van der Waals surface area contributed by atoms with Gasteiger partial charge in [-0.1, -0.05) is 115 Å². The number of rotatable bonds is 5. The molecule has 4 aliphatic rings. The molecule has 0 radical (unpaired) electrons. The number of fused-ring (bicyclic) bond motifs is 6. The number of hydrogen-bond acceptors (Lipinski definition) is 1. The van der Waals surface area contributed by atoms with Crippen LogP contribution in [0.1, 0.15) is 61.8 Å². The van der Waals surface area contributed by atoms with E-state index >= 15 is 4.57 Å². The van der Waals surface area contributed by atoms with Crippen molar-refractivity contribution >= 4 is 28.9 Å². The monoisotopic (exact) mass is 560 g/mol. The van der Waals surface area contributed by atoms with E-state index in [4.69, 9.17) is 6.42 Å². The van der Waals surface area contributed by atoms with Crippen LogP contribution in [0.4, 0.5) is 0 Å². The Morgan fingerprint density at radius 2 is 1.83 bits per heavy atom. The van der Waals surface area contributed by atoms with E-state index in [1.807, 2.05) is 42.5 Å². The number of terminal acetylenes is 1. The van der Waals surface area contributed by atoms with Gasteiger partial charge < -0.3 is 4.57 Å². The van der Waals surface area contributed by atoms with Crippen LogP contribution in [0.15, 0.2) is 120 Å². The maximum atomic E-state index is 15.8. The Balaban J connectivity index is 1.58. The second-order valence-corrected chi connectivity index (χ2v) is 15.0. The summed E-state index contributed by atoms with van der Waals surface area (Å²) in [6.07, 6.45) is 26.5. The zero-order valence-corrected chi connectivity index (χ0v) is 25.0. The number of allylic oxidation sites excluding steroid dienone is 12. The van der Waals surface area contributed by atoms with Crippen molar-refractivity contribution in [1.82, 2.24) is 0 Å². The first kappa shape index (κ1) is 26.6. The van der Waals surface area contributed by atoms with E-state index in [9.17, 15) is 0 Å². The van der Waals surface area contributed by atoms with Crippen LogP contribution in [0.3, 0.4) is 0 Å². The van der Waals surface area contributed by atoms with Gasteiger partial charge in [-0.3, -0.25) is 0 Å². The van der Waals surface area contributed by atoms with Gasteiger partial charge in [-0.05, 0) is 78.2 Å². The Labute approximate surface area is 250 Å². The molecule has 0 saturated heterocycles. The smallest absolute Gasteiger partial charge is 0.160 e. The van der Waals surface area contributed by atoms with Crippen LogP contribution in [0.25, 0.3) is 11.1 Å². The summed E-state index contributed by atoms with van der Waals surface area (Å²) in [4.78, 5) is 0. The van der Waals surface area contributed by atoms with E-state index in [1.54, 1.807) is 0 Å². The SMILES string of the molecule is C#CCC1=C(/C=C\C)C2(C3=C(CCC=C3)c3ccccc32)c2cc(P(=O)(c3ccccc3)C3(C)C=CC=CC3)c#cc21. The van der Waals surface area contributed by atoms with Crippen molar-refractivity contribution in [2.24, 2.45) is 0 Å². The molecule has 3 aromatic rings. The average Bonchev–Trinajstić information content (AvgIpc) is 3.48. The van der Waals surface area contributed by atoms with Gasteiger partial charge >= 0.3 is 0 Å². The minimum atomic E-state index is -3.23. The Bertz CT molecular complexity index is 1890. The molecule has 4 aliphatic carbocycles. The molecule has 0 saturated carbocycles. The molecule has 0 heterocycles. The van der Waals surface area contributed by atoms with Crippen LogP contribution in [0.5, 0.6) is 0 Å². The van der Waals surface area contributed by atoms with Crippen molar-refractivity contribution in [2.45, 2.75) is 50.1 Å². The standard InChI is InChI=1S/C40H33OP/c1-4-16-31-34-25-24-30(42(41,29-18-8-6-9-19-29)39(3)26-14-7-15-27-39)28-38(34)40(35(31)17-5-2)36-22-12-10-20-32(36)33-21-11-13-23-37(33)40/h1,5-10,12-15,17-20,22-23,26,28H,11,16,21,27H2,2-3H3/b17-5-. The third-order valence-corrected chi connectivity index (χ3v) is 13.3. The van der Waals surface area contributed by atoms with Gasteiger partial charge in [-0.15, -0.1) is 12.3 Å². The van der Waals surface area contributed by atoms with Crippen LogP contribution >= 0.6 is 7.14 Å². The Kier molecular flexibility index (Phi) is 6.28. The van der Waals surface area contributed by atoms with Gasteiger partial charge in [0.05, 0.1) is 15.9 Å². The average molecular weight is 561 g/mol. The lowest BCUT2D eigenvalue weighted by Crippen LogP contribution is -2.35. The first-order chi connectivity index (χ1) is 20.5. The molecule has 0 aromatic heterocycles. The van der Waals surface area contributed by atoms with Gasteiger partial charge in [0, 0.05) is 17.3 Å². The molecule has 3 unspecified atom stereocenters. The first-order valence-corrected chi connectivity index (χ1v) is 16.5. The van der Waals surface area contributed by atoms with Crippen molar-refractivity contribution in [3.05, 3.63) is 155 Å². The van der Waals surface area contributed by atoms with Crippen molar-refractivity contribution in [1.29, 1.82) is 0 Å². The highest BCUT2D eigenvalue weighted by Gasteiger charge is 2.54. The molecule has 42 heavy (non-hydrogen) atoms. The minimum absolute atomic E-state index is 0.494. The van der Waals surface area contributed by atoms with Gasteiger partial charge in [-0.2, -0.15) is 0 Å². The molecule has 0 amide bonds. The lowest BCUT2D eigenvalue weighted by atomic mass is 9.68. The fraction of sp³-hybridized carbons (Fsp3) is 0.200. The zero-order valence-electron chi connectivity index (χ0n) is 24.2. The third-order valence-electron chi connectivity index (χ3n) is 9.56. The summed E-state index contributed by atoms with van der Waals surface area (Å²) in [6, 6.07) is 28.1. The normalized spacial score (nSPS) is 24.9. The van der Waals surface area contributed by atoms with Crippen molar-refractivity contribution in [2.75, 3.05) is 0 Å². The van der Waals surface area contributed by atoms with E-state index in [-0.39, 0.29) is 0 Å². The van der Waals surface area contributed by atoms with E-state index in [0.29, 0.717) is 12.8 Å². The molecule has 1 spiro atoms. The topological polar surface area (TPSA) is 17.1 Å². The summed E-state index contributed by atoms with van der Waals surface area (Å²) in [5, 5.41) is 0.985. The van der Waals surface area contributed by atoms with E-state index < -0.39 is 17.7 Å². The summed E-state index contributed by atoms with van der Waals surface area (Å²) in [5.74, 6) is 2.94. The van der Waals surface area contributed by atoms with Crippen LogP contribution in [-0.4, -0.2) is 5.16 Å². The quantitative estimate of drug-likeness (QED) is 0.225. The Hall–Kier alpha value is -4.29. The maximum absolute atomic E-state index is 15.8. The predicted octanol–water partition coefficient (Wildman–Crippen LogP) is 8.65. The lowest BCUT2D eigenvalue weighted by Gasteiger charge is -2.37. The Morgan fingerprint density at radius 1 is 1.02 bits per heavy atom. The van der Waals surface area contributed by atoms with Gasteiger partial charge in [0.2, 0.25) is 0 Å². The molecule has 3 aromatic carbocycles. The second-order valence-electron chi connectivity index (χ2n) is 11.8. The molecule has 1 nitrogen and oxygen atoms in total. The van der Waals surface area contributed by atoms with Crippen molar-refractivity contribution < 1.29 is 4.57 Å². The zero-order chi connectivity index (χ0) is 29.0. The van der Waals surface area contributed by atoms with Crippen molar-refractivity contribution in [3.8, 4) is 12.3 Å². The molecule has 7 rings (SSSR count). The van der Waals surface area contributed by atoms with E-state index in [0.717, 1.165) is 40.2 Å². The molecule has 0 fully saturated rings. The van der Waals surface area contributed by atoms with E-state index in [1.165, 1.54) is 27.8 Å². The highest BCUT2D eigenvalue weighted by atomic mass is 31.2. The fourth-order valence-electron chi connectivity index (χ4n) is 7.72. The summed E-state index contributed by atoms with van der Waals surface area (Å²) in [5.41, 5.74) is 9.17. The van der Waals surface area contributed by atoms with Crippen LogP contribution < -0.4 is 10.6 Å². The van der Waals surface area contributed by atoms with Crippen LogP contribution in [0.2, 0.25) is 0 Å². The first-order valence-electron chi connectivity index (χ1n) is 14.8. The molecular weight excluding hydrogens is 527 g/mol. The molecule has 0 bridgehead atoms. The van der Waals surface area contributed by atoms with Crippen LogP contribution in [0, 0.1) is 24.5 Å². The summed E-state index contributed by atoms with van der Waals surface area (Å²) in [6.45, 7) is 4.19. The maximum Gasteiger partial charge on any atom is 0.160 e. The summed E-state index contributed by atoms with van der Waals surface area (Å²) >= 11 is 0. The molecule has 204 valence electrons. The summed E-state index contributed by atoms with van der Waals surface area (Å²) < 4.78 is 15.8. The second kappa shape index (κ2) is 9.92. The van der Waals surface area contributed by atoms with Gasteiger partial charge in [0.15, 0.2) is 7.14 Å².